The van der Waals surface area contributed by atoms with Gasteiger partial charge in [0.1, 0.15) is 13.2 Å². The molecule has 0 aromatic carbocycles. The largest absolute Gasteiger partial charge is 0.462 e. The zero-order chi connectivity index (χ0) is 51.4. The highest BCUT2D eigenvalue weighted by Gasteiger charge is 2.19. The van der Waals surface area contributed by atoms with E-state index in [4.69, 9.17) is 14.2 Å². The predicted octanol–water partition coefficient (Wildman–Crippen LogP) is 21.2. The first-order valence-electron chi connectivity index (χ1n) is 31.5. The Balaban J connectivity index is 4.29. The van der Waals surface area contributed by atoms with Crippen LogP contribution >= 0.6 is 0 Å². The van der Waals surface area contributed by atoms with E-state index in [0.29, 0.717) is 19.3 Å². The average molecular weight is 998 g/mol. The molecule has 0 saturated carbocycles. The lowest BCUT2D eigenvalue weighted by Crippen LogP contribution is -2.30. The van der Waals surface area contributed by atoms with Crippen molar-refractivity contribution in [1.29, 1.82) is 0 Å². The number of rotatable bonds is 58. The van der Waals surface area contributed by atoms with Gasteiger partial charge in [0.15, 0.2) is 6.10 Å². The third-order valence-electron chi connectivity index (χ3n) is 14.1. The number of carbonyl (C=O) groups excluding carboxylic acids is 3. The molecule has 0 aromatic rings. The summed E-state index contributed by atoms with van der Waals surface area (Å²) in [4.78, 5) is 38.3. The van der Waals surface area contributed by atoms with E-state index in [1.54, 1.807) is 0 Å². The molecular formula is C65H120O6. The molecule has 1 atom stereocenters. The van der Waals surface area contributed by atoms with E-state index in [-0.39, 0.29) is 31.1 Å². The Morgan fingerprint density at radius 3 is 0.789 bits per heavy atom. The Labute approximate surface area is 442 Å². The van der Waals surface area contributed by atoms with Gasteiger partial charge in [0.2, 0.25) is 0 Å². The van der Waals surface area contributed by atoms with Crippen molar-refractivity contribution in [3.8, 4) is 0 Å². The Morgan fingerprint density at radius 1 is 0.282 bits per heavy atom. The topological polar surface area (TPSA) is 78.9 Å². The van der Waals surface area contributed by atoms with Crippen molar-refractivity contribution in [2.45, 2.75) is 348 Å². The SMILES string of the molecule is CCCCCCC/C=C\C/C=C\CCCCCCCCCCCCCC(=O)OCC(COC(=O)CCCCCCCCCCCCCCCCC)OC(=O)CCCCCCC/C=C\CCCCCCCC. The average Bonchev–Trinajstić information content (AvgIpc) is 3.37. The minimum Gasteiger partial charge on any atom is -0.462 e. The molecule has 6 heteroatoms. The van der Waals surface area contributed by atoms with Crippen LogP contribution in [0.1, 0.15) is 342 Å². The van der Waals surface area contributed by atoms with Gasteiger partial charge in [0, 0.05) is 19.3 Å². The van der Waals surface area contributed by atoms with Crippen LogP contribution < -0.4 is 0 Å². The van der Waals surface area contributed by atoms with Gasteiger partial charge in [0.25, 0.3) is 0 Å². The molecule has 0 amide bonds. The lowest BCUT2D eigenvalue weighted by molar-refractivity contribution is -0.167. The van der Waals surface area contributed by atoms with Crippen LogP contribution in [0.2, 0.25) is 0 Å². The molecule has 0 rings (SSSR count). The third-order valence-corrected chi connectivity index (χ3v) is 14.1. The molecule has 0 aliphatic heterocycles. The monoisotopic (exact) mass is 997 g/mol. The van der Waals surface area contributed by atoms with Gasteiger partial charge in [-0.15, -0.1) is 0 Å². The van der Waals surface area contributed by atoms with Crippen LogP contribution in [-0.4, -0.2) is 37.2 Å². The first kappa shape index (κ1) is 68.6. The standard InChI is InChI=1S/C65H120O6/c1-4-7-10-13-16-19-22-25-28-29-30-31-32-33-34-35-38-40-43-46-49-52-55-58-64(67)70-61-62(71-65(68)59-56-53-50-47-44-41-37-27-24-21-18-15-12-9-6-3)60-69-63(66)57-54-51-48-45-42-39-36-26-23-20-17-14-11-8-5-2/h22,25,27,29-30,37,62H,4-21,23-24,26,28,31-36,38-61H2,1-3H3/b25-22-,30-29-,37-27-. The van der Waals surface area contributed by atoms with E-state index in [0.717, 1.165) is 70.6 Å². The number of hydrogen-bond acceptors (Lipinski definition) is 6. The molecule has 0 heterocycles. The summed E-state index contributed by atoms with van der Waals surface area (Å²) in [6.07, 6.45) is 72.8. The summed E-state index contributed by atoms with van der Waals surface area (Å²) in [5.41, 5.74) is 0. The van der Waals surface area contributed by atoms with Gasteiger partial charge < -0.3 is 14.2 Å². The van der Waals surface area contributed by atoms with E-state index < -0.39 is 6.10 Å². The maximum absolute atomic E-state index is 12.9. The minimum absolute atomic E-state index is 0.0717. The molecule has 6 nitrogen and oxygen atoms in total. The summed E-state index contributed by atoms with van der Waals surface area (Å²) in [5.74, 6) is -0.860. The van der Waals surface area contributed by atoms with Crippen LogP contribution in [0, 0.1) is 0 Å². The summed E-state index contributed by atoms with van der Waals surface area (Å²) >= 11 is 0. The molecule has 0 saturated heterocycles. The molecule has 0 spiro atoms. The van der Waals surface area contributed by atoms with Crippen molar-refractivity contribution >= 4 is 17.9 Å². The fraction of sp³-hybridized carbons (Fsp3) is 0.862. The van der Waals surface area contributed by atoms with E-state index in [2.05, 4.69) is 57.2 Å². The van der Waals surface area contributed by atoms with E-state index >= 15 is 0 Å². The number of hydrogen-bond donors (Lipinski definition) is 0. The molecule has 0 radical (unpaired) electrons. The molecule has 71 heavy (non-hydrogen) atoms. The van der Waals surface area contributed by atoms with E-state index in [1.807, 2.05) is 0 Å². The van der Waals surface area contributed by atoms with Gasteiger partial charge in [-0.25, -0.2) is 0 Å². The van der Waals surface area contributed by atoms with Crippen molar-refractivity contribution in [2.75, 3.05) is 13.2 Å². The molecule has 0 bridgehead atoms. The first-order chi connectivity index (χ1) is 35.0. The predicted molar refractivity (Wildman–Crippen MR) is 307 cm³/mol. The minimum atomic E-state index is -0.775. The highest BCUT2D eigenvalue weighted by Crippen LogP contribution is 2.17. The molecule has 0 aliphatic rings. The summed E-state index contributed by atoms with van der Waals surface area (Å²) in [6, 6.07) is 0. The smallest absolute Gasteiger partial charge is 0.306 e. The van der Waals surface area contributed by atoms with Gasteiger partial charge >= 0.3 is 17.9 Å². The summed E-state index contributed by atoms with van der Waals surface area (Å²) in [7, 11) is 0. The van der Waals surface area contributed by atoms with Gasteiger partial charge in [-0.3, -0.25) is 14.4 Å². The van der Waals surface area contributed by atoms with Crippen molar-refractivity contribution in [3.05, 3.63) is 36.5 Å². The van der Waals surface area contributed by atoms with Crippen molar-refractivity contribution < 1.29 is 28.6 Å². The van der Waals surface area contributed by atoms with Crippen LogP contribution in [0.15, 0.2) is 36.5 Å². The highest BCUT2D eigenvalue weighted by molar-refractivity contribution is 5.71. The maximum Gasteiger partial charge on any atom is 0.306 e. The number of unbranched alkanes of at least 4 members (excludes halogenated alkanes) is 41. The molecule has 0 N–H and O–H groups in total. The van der Waals surface area contributed by atoms with Gasteiger partial charge in [-0.05, 0) is 77.0 Å². The summed E-state index contributed by atoms with van der Waals surface area (Å²) in [5, 5.41) is 0. The Kier molecular flexibility index (Phi) is 58.2. The Bertz CT molecular complexity index is 1190. The third kappa shape index (κ3) is 58.4. The number of ether oxygens (including phenoxy) is 3. The zero-order valence-corrected chi connectivity index (χ0v) is 47.8. The second-order valence-electron chi connectivity index (χ2n) is 21.3. The van der Waals surface area contributed by atoms with Crippen LogP contribution in [0.25, 0.3) is 0 Å². The number of esters is 3. The van der Waals surface area contributed by atoms with Crippen LogP contribution in [-0.2, 0) is 28.6 Å². The van der Waals surface area contributed by atoms with Crippen molar-refractivity contribution in [2.24, 2.45) is 0 Å². The second-order valence-corrected chi connectivity index (χ2v) is 21.3. The van der Waals surface area contributed by atoms with Gasteiger partial charge in [-0.1, -0.05) is 282 Å². The van der Waals surface area contributed by atoms with Crippen molar-refractivity contribution in [3.63, 3.8) is 0 Å². The molecule has 1 unspecified atom stereocenters. The van der Waals surface area contributed by atoms with Crippen LogP contribution in [0.3, 0.4) is 0 Å². The van der Waals surface area contributed by atoms with E-state index in [9.17, 15) is 14.4 Å². The Hall–Kier alpha value is -2.37. The van der Waals surface area contributed by atoms with Gasteiger partial charge in [0.05, 0.1) is 0 Å². The molecule has 416 valence electrons. The van der Waals surface area contributed by atoms with Crippen LogP contribution in [0.4, 0.5) is 0 Å². The lowest BCUT2D eigenvalue weighted by Gasteiger charge is -2.18. The first-order valence-corrected chi connectivity index (χ1v) is 31.5. The molecule has 0 aromatic heterocycles. The molecular weight excluding hydrogens is 877 g/mol. The quantitative estimate of drug-likeness (QED) is 0.0261. The van der Waals surface area contributed by atoms with Crippen molar-refractivity contribution in [1.82, 2.24) is 0 Å². The zero-order valence-electron chi connectivity index (χ0n) is 47.8. The second kappa shape index (κ2) is 60.2. The fourth-order valence-electron chi connectivity index (χ4n) is 9.35. The summed E-state index contributed by atoms with van der Waals surface area (Å²) in [6.45, 7) is 6.67. The number of carbonyl (C=O) groups is 3. The molecule has 0 aliphatic carbocycles. The number of allylic oxidation sites excluding steroid dienone is 6. The lowest BCUT2D eigenvalue weighted by atomic mass is 10.0. The normalized spacial score (nSPS) is 12.2. The molecule has 0 fully saturated rings. The highest BCUT2D eigenvalue weighted by atomic mass is 16.6. The maximum atomic E-state index is 12.9. The Morgan fingerprint density at radius 2 is 0.507 bits per heavy atom. The van der Waals surface area contributed by atoms with E-state index in [1.165, 1.54) is 231 Å². The summed E-state index contributed by atoms with van der Waals surface area (Å²) < 4.78 is 16.9. The van der Waals surface area contributed by atoms with Crippen LogP contribution in [0.5, 0.6) is 0 Å². The fourth-order valence-corrected chi connectivity index (χ4v) is 9.35. The van der Waals surface area contributed by atoms with Gasteiger partial charge in [-0.2, -0.15) is 0 Å².